The van der Waals surface area contributed by atoms with Crippen LogP contribution >= 0.6 is 43.9 Å². The van der Waals surface area contributed by atoms with E-state index in [1.807, 2.05) is 0 Å². The number of amides is 1. The van der Waals surface area contributed by atoms with Gasteiger partial charge >= 0.3 is 5.97 Å². The van der Waals surface area contributed by atoms with Crippen LogP contribution in [-0.4, -0.2) is 90.1 Å². The molecule has 0 aromatic heterocycles. The number of ketones is 4. The van der Waals surface area contributed by atoms with Gasteiger partial charge in [-0.15, -0.1) is 11.6 Å². The molecule has 10 nitrogen and oxygen atoms in total. The Morgan fingerprint density at radius 3 is 2.26 bits per heavy atom. The lowest BCUT2D eigenvalue weighted by molar-refractivity contribution is -0.141. The van der Waals surface area contributed by atoms with Crippen molar-refractivity contribution in [2.24, 2.45) is 9.98 Å². The van der Waals surface area contributed by atoms with E-state index < -0.39 is 17.9 Å². The maximum absolute atomic E-state index is 12.0. The van der Waals surface area contributed by atoms with Gasteiger partial charge in [0.25, 0.3) is 0 Å². The lowest BCUT2D eigenvalue weighted by Gasteiger charge is -2.13. The summed E-state index contributed by atoms with van der Waals surface area (Å²) in [7, 11) is 4.02. The molecular weight excluding hydrogens is 571 g/mol. The summed E-state index contributed by atoms with van der Waals surface area (Å²) in [5.74, 6) is -0.673. The Morgan fingerprint density at radius 2 is 1.55 bits per heavy atom. The molecule has 38 heavy (non-hydrogen) atoms. The van der Waals surface area contributed by atoms with E-state index in [1.165, 1.54) is 38.6 Å². The first-order chi connectivity index (χ1) is 18.7. The molecule has 0 aromatic rings. The SMILES string of the molecule is [3H]SSCCCC(=O)CCCC(=O)CN=CC(=O)CCCSSCC(=O)NC(CCC(=O)CN=CC)C(=O)O. The number of carbonyl (C=O) groups excluding carboxylic acids is 5. The normalized spacial score (nSPS) is 12.4. The number of nitrogens with one attached hydrogen (secondary N) is 1. The zero-order valence-corrected chi connectivity index (χ0v) is 24.8. The second kappa shape index (κ2) is 24.4. The van der Waals surface area contributed by atoms with Gasteiger partial charge in [0.1, 0.15) is 12.9 Å². The highest BCUT2D eigenvalue weighted by Crippen LogP contribution is 2.22. The molecule has 0 bridgehead atoms. The second-order valence-corrected chi connectivity index (χ2v) is 12.0. The molecule has 0 saturated heterocycles. The number of thiol groups is 1. The van der Waals surface area contributed by atoms with Crippen LogP contribution in [0.5, 0.6) is 0 Å². The Morgan fingerprint density at radius 1 is 0.895 bits per heavy atom. The first kappa shape index (κ1) is 34.4. The van der Waals surface area contributed by atoms with Crippen LogP contribution < -0.4 is 5.32 Å². The molecule has 0 heterocycles. The van der Waals surface area contributed by atoms with E-state index in [9.17, 15) is 33.9 Å². The van der Waals surface area contributed by atoms with E-state index in [-0.39, 0.29) is 67.7 Å². The van der Waals surface area contributed by atoms with Gasteiger partial charge in [-0.05, 0) is 38.8 Å². The van der Waals surface area contributed by atoms with Gasteiger partial charge < -0.3 is 10.4 Å². The number of hydrogen-bond acceptors (Lipinski definition) is 12. The van der Waals surface area contributed by atoms with Gasteiger partial charge in [-0.25, -0.2) is 4.79 Å². The average molecular weight is 610 g/mol. The quantitative estimate of drug-likeness (QED) is 0.0574. The minimum absolute atomic E-state index is 0.000969. The number of rotatable bonds is 26. The van der Waals surface area contributed by atoms with E-state index in [2.05, 4.69) is 15.3 Å². The molecule has 1 amide bonds. The number of Topliss-reactive ketones (excluding diaryl/α,β-unsaturated/α-hetero) is 4. The summed E-state index contributed by atoms with van der Waals surface area (Å²) in [4.78, 5) is 78.1. The van der Waals surface area contributed by atoms with Crippen molar-refractivity contribution in [1.82, 2.24) is 5.32 Å². The number of nitrogens with zero attached hydrogens (tertiary/aromatic N) is 2. The van der Waals surface area contributed by atoms with Crippen molar-refractivity contribution in [3.63, 3.8) is 0 Å². The van der Waals surface area contributed by atoms with E-state index in [4.69, 9.17) is 1.12 Å². The molecule has 1 atom stereocenters. The minimum Gasteiger partial charge on any atom is -0.480 e. The largest absolute Gasteiger partial charge is 0.480 e. The standard InChI is InChI=1S/C24H37N3O7S4/c1-2-25-14-21(31)10-11-22(24(33)34)27-23(32)17-38-37-13-5-9-20(30)16-26-15-19(29)7-3-6-18(28)8-4-12-36-35/h2,16,22,35H,3-15,17H2,1H3,(H,27,32)(H,33,34)/i/hT. The fourth-order valence-corrected chi connectivity index (χ4v) is 5.41. The molecular formula is C24H37N3O7S4. The second-order valence-electron chi connectivity index (χ2n) is 8.11. The van der Waals surface area contributed by atoms with Crippen LogP contribution in [0.4, 0.5) is 0 Å². The molecule has 0 spiro atoms. The Bertz CT molecular complexity index is 860. The average Bonchev–Trinajstić information content (AvgIpc) is 2.89. The van der Waals surface area contributed by atoms with Crippen molar-refractivity contribution >= 4 is 91.4 Å². The van der Waals surface area contributed by atoms with E-state index >= 15 is 0 Å². The monoisotopic (exact) mass is 609 g/mol. The maximum Gasteiger partial charge on any atom is 0.326 e. The third-order valence-electron chi connectivity index (χ3n) is 4.82. The Hall–Kier alpha value is -1.64. The van der Waals surface area contributed by atoms with Gasteiger partial charge in [0.2, 0.25) is 5.91 Å². The summed E-state index contributed by atoms with van der Waals surface area (Å²) in [5, 5.41) is 11.7. The van der Waals surface area contributed by atoms with Crippen molar-refractivity contribution < 1.29 is 33.9 Å². The Kier molecular flexibility index (Phi) is 22.1. The van der Waals surface area contributed by atoms with Crippen LogP contribution in [0, 0.1) is 0 Å². The van der Waals surface area contributed by atoms with Crippen molar-refractivity contribution in [2.75, 3.05) is 30.3 Å². The van der Waals surface area contributed by atoms with Crippen LogP contribution in [0.3, 0.4) is 0 Å². The number of aliphatic carboxylic acids is 1. The summed E-state index contributed by atoms with van der Waals surface area (Å²) in [6, 6.07) is -1.14. The summed E-state index contributed by atoms with van der Waals surface area (Å²) in [6.07, 6.45) is 5.72. The summed E-state index contributed by atoms with van der Waals surface area (Å²) < 4.78 is 6.94. The highest BCUT2D eigenvalue weighted by molar-refractivity contribution is 8.76. The predicted octanol–water partition coefficient (Wildman–Crippen LogP) is 3.46. The number of carboxylic acids is 1. The van der Waals surface area contributed by atoms with Crippen LogP contribution in [0.15, 0.2) is 9.98 Å². The molecule has 0 aromatic carbocycles. The molecule has 1 unspecified atom stereocenters. The summed E-state index contributed by atoms with van der Waals surface area (Å²) >= 11 is 0.931. The highest BCUT2D eigenvalue weighted by atomic mass is 33.1. The molecule has 0 rings (SSSR count). The highest BCUT2D eigenvalue weighted by Gasteiger charge is 2.20. The molecule has 0 aliphatic carbocycles. The van der Waals surface area contributed by atoms with Gasteiger partial charge in [0.05, 0.1) is 25.1 Å². The number of carboxylic acid groups (broad SMARTS) is 1. The van der Waals surface area contributed by atoms with Gasteiger partial charge in [0, 0.05) is 43.6 Å². The summed E-state index contributed by atoms with van der Waals surface area (Å²) in [6.45, 7) is 1.59. The van der Waals surface area contributed by atoms with Crippen molar-refractivity contribution in [3.05, 3.63) is 0 Å². The molecule has 0 aliphatic heterocycles. The van der Waals surface area contributed by atoms with Crippen LogP contribution in [0.1, 0.15) is 64.7 Å². The Labute approximate surface area is 242 Å². The van der Waals surface area contributed by atoms with Crippen LogP contribution in [0.2, 0.25) is 0 Å². The van der Waals surface area contributed by atoms with Crippen molar-refractivity contribution in [3.8, 4) is 0 Å². The fourth-order valence-electron chi connectivity index (χ4n) is 2.86. The molecule has 14 heteroatoms. The predicted molar refractivity (Wildman–Crippen MR) is 160 cm³/mol. The lowest BCUT2D eigenvalue weighted by Crippen LogP contribution is -2.41. The topological polar surface area (TPSA) is 159 Å². The number of carbonyl (C=O) groups is 6. The van der Waals surface area contributed by atoms with E-state index in [0.29, 0.717) is 31.4 Å². The van der Waals surface area contributed by atoms with Crippen LogP contribution in [-0.2, 0) is 28.8 Å². The zero-order valence-electron chi connectivity index (χ0n) is 22.6. The first-order valence-corrected chi connectivity index (χ1v) is 16.6. The summed E-state index contributed by atoms with van der Waals surface area (Å²) in [5.41, 5.74) is 0. The molecule has 214 valence electrons. The third-order valence-corrected chi connectivity index (χ3v) is 8.13. The van der Waals surface area contributed by atoms with Gasteiger partial charge in [-0.2, -0.15) is 0 Å². The molecule has 0 aliphatic rings. The molecule has 0 saturated carbocycles. The van der Waals surface area contributed by atoms with Crippen LogP contribution in [0.25, 0.3) is 0 Å². The number of aliphatic imine (C=N–C) groups is 2. The number of hydrogen-bond donors (Lipinski definition) is 3. The van der Waals surface area contributed by atoms with Crippen molar-refractivity contribution in [1.29, 1.82) is 1.12 Å². The maximum atomic E-state index is 12.0. The fraction of sp³-hybridized carbons (Fsp3) is 0.667. The van der Waals surface area contributed by atoms with Gasteiger partial charge in [0.15, 0.2) is 17.3 Å². The molecule has 0 fully saturated rings. The van der Waals surface area contributed by atoms with Gasteiger partial charge in [-0.1, -0.05) is 32.4 Å². The zero-order chi connectivity index (χ0) is 29.3. The van der Waals surface area contributed by atoms with Crippen molar-refractivity contribution in [2.45, 2.75) is 70.8 Å². The molecule has 2 N–H and O–H groups in total. The van der Waals surface area contributed by atoms with E-state index in [0.717, 1.165) is 30.0 Å². The van der Waals surface area contributed by atoms with E-state index in [1.54, 1.807) is 6.92 Å². The third kappa shape index (κ3) is 22.4. The molecule has 0 radical (unpaired) electrons. The first-order valence-electron chi connectivity index (χ1n) is 12.6. The smallest absolute Gasteiger partial charge is 0.326 e. The lowest BCUT2D eigenvalue weighted by atomic mass is 10.1. The Balaban J connectivity index is 3.92. The minimum atomic E-state index is -1.20. The van der Waals surface area contributed by atoms with Gasteiger partial charge in [-0.3, -0.25) is 34.0 Å².